The van der Waals surface area contributed by atoms with Crippen molar-refractivity contribution in [3.8, 4) is 0 Å². The number of carbonyl (C=O) groups excluding carboxylic acids is 1. The molecule has 8 nitrogen and oxygen atoms in total. The highest BCUT2D eigenvalue weighted by Gasteiger charge is 2.31. The molecule has 0 aliphatic carbocycles. The molecule has 10 heteroatoms. The van der Waals surface area contributed by atoms with Crippen LogP contribution in [-0.4, -0.2) is 30.3 Å². The van der Waals surface area contributed by atoms with E-state index in [2.05, 4.69) is 15.5 Å². The quantitative estimate of drug-likeness (QED) is 0.715. The molecule has 0 radical (unpaired) electrons. The number of halogens is 1. The van der Waals surface area contributed by atoms with Crippen LogP contribution in [0.25, 0.3) is 0 Å². The molecule has 1 N–H and O–H groups in total. The van der Waals surface area contributed by atoms with Crippen molar-refractivity contribution in [1.29, 1.82) is 0 Å². The molecule has 2 atom stereocenters. The Labute approximate surface area is 169 Å². The molecule has 0 aliphatic heterocycles. The maximum atomic E-state index is 13.0. The van der Waals surface area contributed by atoms with Crippen LogP contribution in [0.5, 0.6) is 0 Å². The third kappa shape index (κ3) is 6.52. The normalized spacial score (nSPS) is 14.3. The zero-order valence-electron chi connectivity index (χ0n) is 17.1. The molecular formula is C19H26FN3O5S. The third-order valence-corrected chi connectivity index (χ3v) is 5.52. The van der Waals surface area contributed by atoms with E-state index in [9.17, 15) is 17.6 Å². The maximum absolute atomic E-state index is 13.0. The molecule has 1 aromatic heterocycles. The first-order chi connectivity index (χ1) is 13.4. The van der Waals surface area contributed by atoms with E-state index >= 15 is 0 Å². The fourth-order valence-corrected chi connectivity index (χ4v) is 3.58. The second kappa shape index (κ2) is 8.89. The summed E-state index contributed by atoms with van der Waals surface area (Å²) in [6.07, 6.45) is -0.00253. The highest BCUT2D eigenvalue weighted by Crippen LogP contribution is 2.26. The molecule has 2 aromatic rings. The van der Waals surface area contributed by atoms with Crippen LogP contribution in [0.1, 0.15) is 58.5 Å². The van der Waals surface area contributed by atoms with Crippen LogP contribution in [-0.2, 0) is 20.3 Å². The second-order valence-corrected chi connectivity index (χ2v) is 9.67. The number of ether oxygens (including phenoxy) is 1. The van der Waals surface area contributed by atoms with Crippen LogP contribution >= 0.6 is 0 Å². The Morgan fingerprint density at radius 2 is 1.86 bits per heavy atom. The summed E-state index contributed by atoms with van der Waals surface area (Å²) in [5, 5.41) is 9.59. The van der Waals surface area contributed by atoms with Crippen LogP contribution < -0.4 is 5.32 Å². The predicted octanol–water partition coefficient (Wildman–Crippen LogP) is 3.79. The van der Waals surface area contributed by atoms with Gasteiger partial charge in [0.1, 0.15) is 17.5 Å². The fraction of sp³-hybridized carbons (Fsp3) is 0.526. The van der Waals surface area contributed by atoms with E-state index in [1.807, 2.05) is 13.8 Å². The molecule has 1 heterocycles. The standard InChI is InChI=1S/C19H26FN3O5S/c1-6-12(2)15(21-17(24)28-19(3,4)5)16-22-23-18(27-16)29(25,26)11-13-7-9-14(20)10-8-13/h7-10,12,15H,6,11H2,1-5H3,(H,21,24)/t12-,15+/m1/s1. The molecule has 0 fully saturated rings. The summed E-state index contributed by atoms with van der Waals surface area (Å²) in [6.45, 7) is 8.98. The smallest absolute Gasteiger partial charge is 0.408 e. The molecule has 29 heavy (non-hydrogen) atoms. The number of benzene rings is 1. The van der Waals surface area contributed by atoms with Gasteiger partial charge in [0.05, 0.1) is 5.75 Å². The van der Waals surface area contributed by atoms with Crippen molar-refractivity contribution >= 4 is 15.9 Å². The molecule has 160 valence electrons. The summed E-state index contributed by atoms with van der Waals surface area (Å²) < 4.78 is 48.8. The van der Waals surface area contributed by atoms with Crippen molar-refractivity contribution in [3.05, 3.63) is 41.5 Å². The molecule has 0 saturated heterocycles. The van der Waals surface area contributed by atoms with Gasteiger partial charge >= 0.3 is 11.3 Å². The number of hydrogen-bond acceptors (Lipinski definition) is 7. The number of carbonyl (C=O) groups is 1. The zero-order chi connectivity index (χ0) is 21.8. The van der Waals surface area contributed by atoms with Gasteiger partial charge in [-0.2, -0.15) is 0 Å². The molecule has 1 aromatic carbocycles. The summed E-state index contributed by atoms with van der Waals surface area (Å²) in [6, 6.07) is 4.38. The minimum atomic E-state index is -3.94. The van der Waals surface area contributed by atoms with E-state index in [4.69, 9.17) is 9.15 Å². The van der Waals surface area contributed by atoms with Crippen molar-refractivity contribution < 1.29 is 26.8 Å². The van der Waals surface area contributed by atoms with Gasteiger partial charge in [-0.05, 0) is 44.4 Å². The van der Waals surface area contributed by atoms with Crippen LogP contribution in [0, 0.1) is 11.7 Å². The lowest BCUT2D eigenvalue weighted by Gasteiger charge is -2.24. The zero-order valence-corrected chi connectivity index (χ0v) is 17.9. The lowest BCUT2D eigenvalue weighted by atomic mass is 9.99. The number of hydrogen-bond donors (Lipinski definition) is 1. The van der Waals surface area contributed by atoms with Gasteiger partial charge < -0.3 is 14.5 Å². The average molecular weight is 427 g/mol. The van der Waals surface area contributed by atoms with Gasteiger partial charge in [0, 0.05) is 0 Å². The van der Waals surface area contributed by atoms with E-state index in [0.29, 0.717) is 12.0 Å². The minimum absolute atomic E-state index is 0.0251. The Bertz CT molecular complexity index is 935. The summed E-state index contributed by atoms with van der Waals surface area (Å²) in [7, 11) is -3.94. The third-order valence-electron chi connectivity index (χ3n) is 4.11. The van der Waals surface area contributed by atoms with Gasteiger partial charge in [-0.3, -0.25) is 0 Å². The fourth-order valence-electron chi connectivity index (χ4n) is 2.45. The van der Waals surface area contributed by atoms with Crippen LogP contribution in [0.4, 0.5) is 9.18 Å². The summed E-state index contributed by atoms with van der Waals surface area (Å²) in [5.74, 6) is -1.02. The van der Waals surface area contributed by atoms with E-state index in [-0.39, 0.29) is 11.8 Å². The van der Waals surface area contributed by atoms with E-state index in [1.54, 1.807) is 20.8 Å². The van der Waals surface area contributed by atoms with Gasteiger partial charge in [-0.1, -0.05) is 37.5 Å². The number of sulfone groups is 1. The largest absolute Gasteiger partial charge is 0.444 e. The van der Waals surface area contributed by atoms with Gasteiger partial charge in [0.2, 0.25) is 15.7 Å². The Kier molecular flexibility index (Phi) is 6.99. The number of alkyl carbamates (subject to hydrolysis) is 1. The van der Waals surface area contributed by atoms with Crippen molar-refractivity contribution in [1.82, 2.24) is 15.5 Å². The number of nitrogens with zero attached hydrogens (tertiary/aromatic N) is 2. The molecule has 2 rings (SSSR count). The van der Waals surface area contributed by atoms with Gasteiger partial charge in [-0.15, -0.1) is 5.10 Å². The molecule has 0 aliphatic rings. The molecule has 1 amide bonds. The van der Waals surface area contributed by atoms with E-state index in [1.165, 1.54) is 24.3 Å². The summed E-state index contributed by atoms with van der Waals surface area (Å²) in [4.78, 5) is 12.2. The van der Waals surface area contributed by atoms with Gasteiger partial charge in [0.15, 0.2) is 0 Å². The molecular weight excluding hydrogens is 401 g/mol. The van der Waals surface area contributed by atoms with Gasteiger partial charge in [0.25, 0.3) is 0 Å². The Balaban J connectivity index is 2.22. The summed E-state index contributed by atoms with van der Waals surface area (Å²) >= 11 is 0. The lowest BCUT2D eigenvalue weighted by molar-refractivity contribution is 0.0473. The molecule has 0 bridgehead atoms. The predicted molar refractivity (Wildman–Crippen MR) is 103 cm³/mol. The first-order valence-corrected chi connectivity index (χ1v) is 10.9. The number of aromatic nitrogens is 2. The van der Waals surface area contributed by atoms with Crippen molar-refractivity contribution in [2.45, 2.75) is 63.7 Å². The Hall–Kier alpha value is -2.49. The number of nitrogens with one attached hydrogen (secondary N) is 1. The molecule has 0 unspecified atom stereocenters. The van der Waals surface area contributed by atoms with Crippen LogP contribution in [0.2, 0.25) is 0 Å². The van der Waals surface area contributed by atoms with Crippen molar-refractivity contribution in [3.63, 3.8) is 0 Å². The lowest BCUT2D eigenvalue weighted by Crippen LogP contribution is -2.37. The number of rotatable bonds is 7. The summed E-state index contributed by atoms with van der Waals surface area (Å²) in [5.41, 5.74) is -0.306. The topological polar surface area (TPSA) is 111 Å². The molecule has 0 spiro atoms. The Morgan fingerprint density at radius 3 is 2.41 bits per heavy atom. The second-order valence-electron chi connectivity index (χ2n) is 7.80. The van der Waals surface area contributed by atoms with Crippen molar-refractivity contribution in [2.24, 2.45) is 5.92 Å². The van der Waals surface area contributed by atoms with Crippen molar-refractivity contribution in [2.75, 3.05) is 0 Å². The monoisotopic (exact) mass is 427 g/mol. The van der Waals surface area contributed by atoms with E-state index < -0.39 is 44.4 Å². The van der Waals surface area contributed by atoms with Gasteiger partial charge in [-0.25, -0.2) is 17.6 Å². The van der Waals surface area contributed by atoms with E-state index in [0.717, 1.165) is 0 Å². The Morgan fingerprint density at radius 1 is 1.24 bits per heavy atom. The van der Waals surface area contributed by atoms with Crippen LogP contribution in [0.3, 0.4) is 0 Å². The maximum Gasteiger partial charge on any atom is 0.408 e. The average Bonchev–Trinajstić information content (AvgIpc) is 3.10. The number of amides is 1. The first-order valence-electron chi connectivity index (χ1n) is 9.21. The van der Waals surface area contributed by atoms with Crippen LogP contribution in [0.15, 0.2) is 33.9 Å². The SMILES string of the molecule is CC[C@@H](C)[C@H](NC(=O)OC(C)(C)C)c1nnc(S(=O)(=O)Cc2ccc(F)cc2)o1. The highest BCUT2D eigenvalue weighted by molar-refractivity contribution is 7.90. The minimum Gasteiger partial charge on any atom is -0.444 e. The molecule has 0 saturated carbocycles. The first kappa shape index (κ1) is 22.8. The highest BCUT2D eigenvalue weighted by atomic mass is 32.2.